The van der Waals surface area contributed by atoms with Gasteiger partial charge in [0, 0.05) is 21.4 Å². The zero-order valence-electron chi connectivity index (χ0n) is 20.8. The summed E-state index contributed by atoms with van der Waals surface area (Å²) in [7, 11) is 0. The Hall–Kier alpha value is -2.91. The van der Waals surface area contributed by atoms with E-state index < -0.39 is 0 Å². The van der Waals surface area contributed by atoms with Crippen LogP contribution in [0.3, 0.4) is 0 Å². The van der Waals surface area contributed by atoms with Crippen LogP contribution >= 0.6 is 15.9 Å². The third-order valence-electron chi connectivity index (χ3n) is 6.59. The van der Waals surface area contributed by atoms with Crippen molar-refractivity contribution in [2.45, 2.75) is 52.4 Å². The summed E-state index contributed by atoms with van der Waals surface area (Å²) in [6, 6.07) is 26.2. The highest BCUT2D eigenvalue weighted by Gasteiger charge is 2.27. The summed E-state index contributed by atoms with van der Waals surface area (Å²) in [6.45, 7) is 13.8. The van der Waals surface area contributed by atoms with Crippen LogP contribution in [0.2, 0.25) is 0 Å². The van der Waals surface area contributed by atoms with E-state index in [2.05, 4.69) is 128 Å². The number of benzene rings is 3. The number of pyridine rings is 1. The lowest BCUT2D eigenvalue weighted by Crippen LogP contribution is -2.22. The Bertz CT molecular complexity index is 1510. The minimum Gasteiger partial charge on any atom is -0.294 e. The Morgan fingerprint density at radius 3 is 2.00 bits per heavy atom. The summed E-state index contributed by atoms with van der Waals surface area (Å²) in [4.78, 5) is 4.68. The van der Waals surface area contributed by atoms with Crippen LogP contribution in [0.15, 0.2) is 83.5 Å². The van der Waals surface area contributed by atoms with Crippen molar-refractivity contribution in [2.24, 2.45) is 0 Å². The van der Waals surface area contributed by atoms with Gasteiger partial charge in [0.25, 0.3) is 0 Å². The van der Waals surface area contributed by atoms with E-state index in [1.807, 2.05) is 18.3 Å². The molecule has 0 aliphatic rings. The highest BCUT2D eigenvalue weighted by molar-refractivity contribution is 9.10. The molecular formula is C31H31BrN2. The number of para-hydroxylation sites is 1. The lowest BCUT2D eigenvalue weighted by molar-refractivity contribution is 0.530. The zero-order chi connectivity index (χ0) is 24.3. The first-order valence-corrected chi connectivity index (χ1v) is 12.6. The molecule has 3 aromatic carbocycles. The van der Waals surface area contributed by atoms with Crippen molar-refractivity contribution in [3.8, 4) is 16.9 Å². The fourth-order valence-corrected chi connectivity index (χ4v) is 5.48. The third-order valence-corrected chi connectivity index (χ3v) is 7.24. The van der Waals surface area contributed by atoms with E-state index >= 15 is 0 Å². The van der Waals surface area contributed by atoms with Gasteiger partial charge in [-0.2, -0.15) is 0 Å². The topological polar surface area (TPSA) is 17.8 Å². The average Bonchev–Trinajstić information content (AvgIpc) is 3.11. The van der Waals surface area contributed by atoms with E-state index in [1.54, 1.807) is 0 Å². The molecule has 0 N–H and O–H groups in total. The molecule has 0 atom stereocenters. The first-order chi connectivity index (χ1) is 16.1. The Morgan fingerprint density at radius 2 is 1.32 bits per heavy atom. The van der Waals surface area contributed by atoms with Gasteiger partial charge < -0.3 is 0 Å². The predicted molar refractivity (Wildman–Crippen MR) is 149 cm³/mol. The van der Waals surface area contributed by atoms with Gasteiger partial charge in [0.1, 0.15) is 5.82 Å². The lowest BCUT2D eigenvalue weighted by atomic mass is 9.74. The van der Waals surface area contributed by atoms with Crippen molar-refractivity contribution in [3.63, 3.8) is 0 Å². The standard InChI is InChI=1S/C31H31BrN2/c1-30(2,3)24-18-23(26(32)19-25(24)31(4,5)6)20-14-15-22-21-11-7-8-12-27(21)34(28(22)17-20)29-13-9-10-16-33-29/h7-19H,1-6H3. The van der Waals surface area contributed by atoms with Gasteiger partial charge in [-0.1, -0.05) is 93.9 Å². The Labute approximate surface area is 210 Å². The molecule has 0 saturated carbocycles. The lowest BCUT2D eigenvalue weighted by Gasteiger charge is -2.31. The van der Waals surface area contributed by atoms with Crippen LogP contribution in [-0.4, -0.2) is 9.55 Å². The van der Waals surface area contributed by atoms with Crippen molar-refractivity contribution < 1.29 is 0 Å². The molecule has 0 bridgehead atoms. The van der Waals surface area contributed by atoms with Crippen molar-refractivity contribution in [1.82, 2.24) is 9.55 Å². The molecule has 2 heterocycles. The molecule has 2 nitrogen and oxygen atoms in total. The van der Waals surface area contributed by atoms with E-state index in [1.165, 1.54) is 44.1 Å². The molecule has 3 heteroatoms. The summed E-state index contributed by atoms with van der Waals surface area (Å²) < 4.78 is 3.40. The number of halogens is 1. The van der Waals surface area contributed by atoms with E-state index in [0.29, 0.717) is 0 Å². The summed E-state index contributed by atoms with van der Waals surface area (Å²) in [5.74, 6) is 0.934. The fourth-order valence-electron chi connectivity index (χ4n) is 4.91. The van der Waals surface area contributed by atoms with Gasteiger partial charge in [0.05, 0.1) is 11.0 Å². The second kappa shape index (κ2) is 8.09. The quantitative estimate of drug-likeness (QED) is 0.231. The Morgan fingerprint density at radius 1 is 0.676 bits per heavy atom. The molecule has 5 aromatic rings. The van der Waals surface area contributed by atoms with Crippen LogP contribution in [0.4, 0.5) is 0 Å². The second-order valence-electron chi connectivity index (χ2n) is 11.2. The number of fused-ring (bicyclic) bond motifs is 3. The normalized spacial score (nSPS) is 12.6. The molecule has 0 fully saturated rings. The maximum Gasteiger partial charge on any atom is 0.137 e. The first-order valence-electron chi connectivity index (χ1n) is 11.9. The summed E-state index contributed by atoms with van der Waals surface area (Å²) in [5.41, 5.74) is 7.66. The zero-order valence-corrected chi connectivity index (χ0v) is 22.4. The van der Waals surface area contributed by atoms with E-state index in [-0.39, 0.29) is 10.8 Å². The number of hydrogen-bond acceptors (Lipinski definition) is 1. The average molecular weight is 512 g/mol. The minimum atomic E-state index is 0.0466. The van der Waals surface area contributed by atoms with Crippen LogP contribution < -0.4 is 0 Å². The molecule has 172 valence electrons. The molecule has 2 aromatic heterocycles. The third kappa shape index (κ3) is 3.86. The summed E-state index contributed by atoms with van der Waals surface area (Å²) >= 11 is 3.92. The number of hydrogen-bond donors (Lipinski definition) is 0. The highest BCUT2D eigenvalue weighted by Crippen LogP contribution is 2.42. The van der Waals surface area contributed by atoms with Crippen LogP contribution in [0.25, 0.3) is 38.8 Å². The molecule has 5 rings (SSSR count). The van der Waals surface area contributed by atoms with Gasteiger partial charge >= 0.3 is 0 Å². The van der Waals surface area contributed by atoms with Crippen molar-refractivity contribution in [3.05, 3.63) is 94.6 Å². The molecule has 0 aliphatic heterocycles. The predicted octanol–water partition coefficient (Wildman–Crippen LogP) is 9.20. The van der Waals surface area contributed by atoms with Gasteiger partial charge in [0.15, 0.2) is 0 Å². The van der Waals surface area contributed by atoms with Crippen molar-refractivity contribution in [2.75, 3.05) is 0 Å². The molecule has 34 heavy (non-hydrogen) atoms. The Kier molecular flexibility index (Phi) is 5.44. The summed E-state index contributed by atoms with van der Waals surface area (Å²) in [5, 5.41) is 2.48. The van der Waals surface area contributed by atoms with Gasteiger partial charge in [-0.25, -0.2) is 4.98 Å². The van der Waals surface area contributed by atoms with Gasteiger partial charge in [-0.15, -0.1) is 0 Å². The Balaban J connectivity index is 1.81. The highest BCUT2D eigenvalue weighted by atomic mass is 79.9. The maximum absolute atomic E-state index is 4.68. The van der Waals surface area contributed by atoms with E-state index in [0.717, 1.165) is 10.3 Å². The van der Waals surface area contributed by atoms with Crippen LogP contribution in [0.1, 0.15) is 52.7 Å². The molecule has 0 saturated heterocycles. The van der Waals surface area contributed by atoms with Crippen LogP contribution in [-0.2, 0) is 10.8 Å². The molecule has 0 amide bonds. The first kappa shape index (κ1) is 22.9. The minimum absolute atomic E-state index is 0.0466. The molecule has 0 spiro atoms. The smallest absolute Gasteiger partial charge is 0.137 e. The largest absolute Gasteiger partial charge is 0.294 e. The monoisotopic (exact) mass is 510 g/mol. The number of rotatable bonds is 2. The van der Waals surface area contributed by atoms with Gasteiger partial charge in [0.2, 0.25) is 0 Å². The second-order valence-corrected chi connectivity index (χ2v) is 12.0. The SMILES string of the molecule is CC(C)(C)c1cc(Br)c(-c2ccc3c4ccccc4n(-c4ccccn4)c3c2)cc1C(C)(C)C. The van der Waals surface area contributed by atoms with E-state index in [9.17, 15) is 0 Å². The van der Waals surface area contributed by atoms with E-state index in [4.69, 9.17) is 0 Å². The fraction of sp³-hybridized carbons (Fsp3) is 0.258. The number of aromatic nitrogens is 2. The molecular weight excluding hydrogens is 480 g/mol. The molecule has 0 aliphatic carbocycles. The van der Waals surface area contributed by atoms with Gasteiger partial charge in [-0.3, -0.25) is 4.57 Å². The van der Waals surface area contributed by atoms with Gasteiger partial charge in [-0.05, 0) is 69.5 Å². The molecule has 0 unspecified atom stereocenters. The van der Waals surface area contributed by atoms with Crippen LogP contribution in [0.5, 0.6) is 0 Å². The molecule has 0 radical (unpaired) electrons. The maximum atomic E-state index is 4.68. The van der Waals surface area contributed by atoms with Crippen molar-refractivity contribution >= 4 is 37.7 Å². The van der Waals surface area contributed by atoms with Crippen LogP contribution in [0, 0.1) is 0 Å². The van der Waals surface area contributed by atoms with Crippen molar-refractivity contribution in [1.29, 1.82) is 0 Å². The number of nitrogens with zero attached hydrogens (tertiary/aromatic N) is 2. The summed E-state index contributed by atoms with van der Waals surface area (Å²) in [6.07, 6.45) is 1.86.